The molecule has 2 aliphatic carbocycles. The third-order valence-electron chi connectivity index (χ3n) is 9.63. The molecule has 1 spiro atoms. The molecule has 0 aromatic carbocycles. The number of fused-ring (bicyclic) bond motifs is 1. The van der Waals surface area contributed by atoms with Crippen LogP contribution in [-0.2, 0) is 52.4 Å². The average Bonchev–Trinajstić information content (AvgIpc) is 3.46. The van der Waals surface area contributed by atoms with Crippen molar-refractivity contribution in [2.75, 3.05) is 0 Å². The van der Waals surface area contributed by atoms with E-state index in [2.05, 4.69) is 0 Å². The van der Waals surface area contributed by atoms with Gasteiger partial charge in [-0.1, -0.05) is 13.8 Å². The third-order valence-corrected chi connectivity index (χ3v) is 9.63. The number of carbonyl (C=O) groups excluding carboxylic acids is 5. The van der Waals surface area contributed by atoms with Crippen molar-refractivity contribution in [2.45, 2.75) is 135 Å². The van der Waals surface area contributed by atoms with Crippen LogP contribution in [0.1, 0.15) is 81.1 Å². The van der Waals surface area contributed by atoms with Crippen LogP contribution in [0.4, 0.5) is 0 Å². The summed E-state index contributed by atoms with van der Waals surface area (Å²) in [6, 6.07) is 0. The molecule has 0 radical (unpaired) electrons. The summed E-state index contributed by atoms with van der Waals surface area (Å²) in [7, 11) is 0. The topological polar surface area (TPSA) is 184 Å². The summed E-state index contributed by atoms with van der Waals surface area (Å²) >= 11 is 0. The molecule has 1 saturated carbocycles. The van der Waals surface area contributed by atoms with E-state index in [1.807, 2.05) is 0 Å². The van der Waals surface area contributed by atoms with Crippen LogP contribution in [0, 0.1) is 11.3 Å². The molecule has 13 nitrogen and oxygen atoms in total. The number of hydrogen-bond acceptors (Lipinski definition) is 13. The molecule has 0 unspecified atom stereocenters. The van der Waals surface area contributed by atoms with Gasteiger partial charge in [-0.2, -0.15) is 0 Å². The lowest BCUT2D eigenvalue weighted by atomic mass is 9.51. The highest BCUT2D eigenvalue weighted by atomic mass is 16.7. The van der Waals surface area contributed by atoms with Crippen LogP contribution in [0.3, 0.4) is 0 Å². The molecular formula is C30H42O13. The first-order valence-electron chi connectivity index (χ1n) is 14.6. The molecular weight excluding hydrogens is 568 g/mol. The van der Waals surface area contributed by atoms with Gasteiger partial charge in [-0.3, -0.25) is 19.2 Å². The van der Waals surface area contributed by atoms with Crippen LogP contribution in [-0.4, -0.2) is 93.5 Å². The maximum atomic E-state index is 13.2. The molecule has 2 aliphatic heterocycles. The zero-order valence-corrected chi connectivity index (χ0v) is 25.8. The minimum Gasteiger partial charge on any atom is -0.462 e. The van der Waals surface area contributed by atoms with E-state index in [1.54, 1.807) is 20.8 Å². The lowest BCUT2D eigenvalue weighted by Crippen LogP contribution is -2.73. The maximum absolute atomic E-state index is 13.2. The predicted molar refractivity (Wildman–Crippen MR) is 145 cm³/mol. The van der Waals surface area contributed by atoms with Gasteiger partial charge in [0, 0.05) is 46.0 Å². The highest BCUT2D eigenvalue weighted by Gasteiger charge is 2.88. The summed E-state index contributed by atoms with van der Waals surface area (Å²) in [5.74, 6) is -4.97. The molecule has 0 bridgehead atoms. The first-order chi connectivity index (χ1) is 19.9. The molecule has 11 atom stereocenters. The Labute approximate surface area is 250 Å². The minimum absolute atomic E-state index is 0.0436. The van der Waals surface area contributed by atoms with E-state index in [0.29, 0.717) is 12.0 Å². The lowest BCUT2D eigenvalue weighted by molar-refractivity contribution is -0.278. The standard InChI is InChI=1S/C30H42O13/c1-9-10-23(35)41-21-13-20(39-16(4)32)27(6)19(38-15(3)31)12-18(34)14(2)11-22-30(29(8,43-30)26(36)42-22)25(40-17(5)33)24(27)28(21,7)37/h11,18-22,24-25,34,37H,9-10,12-13H2,1-8H3/t18-,19+,20+,21-,22+,24-,25+,27+,28-,29+,30+/m0/s1. The van der Waals surface area contributed by atoms with Gasteiger partial charge in [0.25, 0.3) is 0 Å². The van der Waals surface area contributed by atoms with Crippen molar-refractivity contribution in [2.24, 2.45) is 11.3 Å². The molecule has 0 amide bonds. The minimum atomic E-state index is -2.06. The van der Waals surface area contributed by atoms with Crippen molar-refractivity contribution in [3.8, 4) is 0 Å². The van der Waals surface area contributed by atoms with Crippen LogP contribution >= 0.6 is 0 Å². The van der Waals surface area contributed by atoms with Crippen LogP contribution in [0.2, 0.25) is 0 Å². The van der Waals surface area contributed by atoms with Crippen LogP contribution in [0.15, 0.2) is 11.6 Å². The second-order valence-corrected chi connectivity index (χ2v) is 12.7. The van der Waals surface area contributed by atoms with E-state index < -0.39 is 94.6 Å². The summed E-state index contributed by atoms with van der Waals surface area (Å²) in [4.78, 5) is 63.7. The number of rotatable bonds is 6. The van der Waals surface area contributed by atoms with Gasteiger partial charge in [0.1, 0.15) is 30.0 Å². The molecule has 2 heterocycles. The molecule has 240 valence electrons. The number of carbonyl (C=O) groups is 5. The highest BCUT2D eigenvalue weighted by molar-refractivity contribution is 5.89. The fraction of sp³-hybridized carbons (Fsp3) is 0.767. The number of aliphatic hydroxyl groups excluding tert-OH is 1. The molecule has 3 fully saturated rings. The van der Waals surface area contributed by atoms with E-state index in [0.717, 1.165) is 6.92 Å². The van der Waals surface area contributed by atoms with E-state index >= 15 is 0 Å². The Morgan fingerprint density at radius 1 is 0.930 bits per heavy atom. The Bertz CT molecular complexity index is 1220. The van der Waals surface area contributed by atoms with Crippen molar-refractivity contribution < 1.29 is 62.6 Å². The zero-order valence-electron chi connectivity index (χ0n) is 25.8. The lowest BCUT2D eigenvalue weighted by Gasteiger charge is -2.59. The fourth-order valence-corrected chi connectivity index (χ4v) is 7.48. The van der Waals surface area contributed by atoms with E-state index in [-0.39, 0.29) is 19.3 Å². The number of esters is 5. The van der Waals surface area contributed by atoms with Crippen molar-refractivity contribution in [1.29, 1.82) is 0 Å². The molecule has 43 heavy (non-hydrogen) atoms. The summed E-state index contributed by atoms with van der Waals surface area (Å²) < 4.78 is 35.2. The van der Waals surface area contributed by atoms with E-state index in [1.165, 1.54) is 33.8 Å². The Kier molecular flexibility index (Phi) is 8.53. The van der Waals surface area contributed by atoms with Gasteiger partial charge in [-0.25, -0.2) is 4.79 Å². The van der Waals surface area contributed by atoms with E-state index in [9.17, 15) is 34.2 Å². The second kappa shape index (κ2) is 11.2. The second-order valence-electron chi connectivity index (χ2n) is 12.7. The predicted octanol–water partition coefficient (Wildman–Crippen LogP) is 1.43. The Morgan fingerprint density at radius 2 is 1.49 bits per heavy atom. The molecule has 0 aromatic heterocycles. The molecule has 4 rings (SSSR count). The molecule has 2 N–H and O–H groups in total. The van der Waals surface area contributed by atoms with Crippen molar-refractivity contribution in [3.63, 3.8) is 0 Å². The van der Waals surface area contributed by atoms with Crippen LogP contribution < -0.4 is 0 Å². The monoisotopic (exact) mass is 610 g/mol. The Hall–Kier alpha value is -3.03. The van der Waals surface area contributed by atoms with Crippen molar-refractivity contribution in [1.82, 2.24) is 0 Å². The van der Waals surface area contributed by atoms with Gasteiger partial charge in [-0.15, -0.1) is 0 Å². The SMILES string of the molecule is CCCC(=O)O[C@H]1C[C@@H](OC(C)=O)[C@]2(C)[C@H]([C@@H](OC(C)=O)[C@@]34O[C@]3(C)C(=O)O[C@@H]4C=C(C)[C@@H](O)C[C@H]2OC(C)=O)[C@@]1(C)O. The van der Waals surface area contributed by atoms with E-state index in [4.69, 9.17) is 28.4 Å². The summed E-state index contributed by atoms with van der Waals surface area (Å²) in [6.45, 7) is 11.3. The van der Waals surface area contributed by atoms with Gasteiger partial charge in [-0.05, 0) is 38.8 Å². The number of ether oxygens (including phenoxy) is 6. The van der Waals surface area contributed by atoms with Crippen molar-refractivity contribution >= 4 is 29.8 Å². The smallest absolute Gasteiger partial charge is 0.342 e. The first-order valence-corrected chi connectivity index (χ1v) is 14.6. The average molecular weight is 611 g/mol. The first kappa shape index (κ1) is 32.9. The van der Waals surface area contributed by atoms with Crippen molar-refractivity contribution in [3.05, 3.63) is 11.6 Å². The van der Waals surface area contributed by atoms with Gasteiger partial charge >= 0.3 is 29.8 Å². The van der Waals surface area contributed by atoms with Gasteiger partial charge < -0.3 is 38.6 Å². The van der Waals surface area contributed by atoms with Crippen LogP contribution in [0.25, 0.3) is 0 Å². The molecule has 13 heteroatoms. The normalized spacial score (nSPS) is 43.4. The molecule has 0 aromatic rings. The zero-order chi connectivity index (χ0) is 32.3. The Morgan fingerprint density at radius 3 is 2.00 bits per heavy atom. The fourth-order valence-electron chi connectivity index (χ4n) is 7.48. The largest absolute Gasteiger partial charge is 0.462 e. The van der Waals surface area contributed by atoms with Crippen LogP contribution in [0.5, 0.6) is 0 Å². The Balaban J connectivity index is 2.06. The number of epoxide rings is 1. The summed E-state index contributed by atoms with van der Waals surface area (Å²) in [5.41, 5.74) is -6.66. The van der Waals surface area contributed by atoms with Gasteiger partial charge in [0.15, 0.2) is 17.3 Å². The highest BCUT2D eigenvalue weighted by Crippen LogP contribution is 2.66. The maximum Gasteiger partial charge on any atom is 0.342 e. The molecule has 2 saturated heterocycles. The summed E-state index contributed by atoms with van der Waals surface area (Å²) in [5, 5.41) is 23.8. The number of hydrogen-bond donors (Lipinski definition) is 2. The van der Waals surface area contributed by atoms with Gasteiger partial charge in [0.05, 0.1) is 11.5 Å². The van der Waals surface area contributed by atoms with Gasteiger partial charge in [0.2, 0.25) is 0 Å². The third kappa shape index (κ3) is 5.22. The summed E-state index contributed by atoms with van der Waals surface area (Å²) in [6.07, 6.45) is -6.07. The number of aliphatic hydroxyl groups is 2. The quantitative estimate of drug-likeness (QED) is 0.191. The molecule has 4 aliphatic rings.